The maximum absolute atomic E-state index is 8.38. The molecule has 46 valence electrons. The minimum Gasteiger partial charge on any atom is -0.317 e. The highest BCUT2D eigenvalue weighted by atomic mass is 16.5. The number of hydrogen-bond donors (Lipinski definition) is 2. The molecular formula is C5H10N2O. The average Bonchev–Trinajstić information content (AvgIpc) is 1.90. The van der Waals surface area contributed by atoms with E-state index in [9.17, 15) is 0 Å². The molecule has 3 nitrogen and oxygen atoms in total. The fraction of sp³-hybridized carbons (Fsp3) is 0.800. The summed E-state index contributed by atoms with van der Waals surface area (Å²) >= 11 is 0. The van der Waals surface area contributed by atoms with Crippen LogP contribution in [0, 0.1) is 0 Å². The second-order valence-electron chi connectivity index (χ2n) is 1.94. The van der Waals surface area contributed by atoms with Gasteiger partial charge < -0.3 is 5.21 Å². The Morgan fingerprint density at radius 3 is 3.00 bits per heavy atom. The molecule has 8 heavy (non-hydrogen) atoms. The molecule has 0 saturated heterocycles. The van der Waals surface area contributed by atoms with Crippen molar-refractivity contribution < 1.29 is 5.21 Å². The Hall–Kier alpha value is -0.410. The summed E-state index contributed by atoms with van der Waals surface area (Å²) in [6.45, 7) is 0.845. The Morgan fingerprint density at radius 1 is 1.75 bits per heavy atom. The number of rotatable bonds is 1. The van der Waals surface area contributed by atoms with Gasteiger partial charge in [-0.05, 0) is 12.8 Å². The van der Waals surface area contributed by atoms with Gasteiger partial charge in [0.05, 0.1) is 0 Å². The molecule has 1 atom stereocenters. The molecule has 0 saturated carbocycles. The zero-order valence-corrected chi connectivity index (χ0v) is 4.67. The first-order valence-electron chi connectivity index (χ1n) is 2.81. The number of hydroxylamine groups is 1. The monoisotopic (exact) mass is 114 g/mol. The van der Waals surface area contributed by atoms with E-state index >= 15 is 0 Å². The summed E-state index contributed by atoms with van der Waals surface area (Å²) in [5, 5.41) is 8.38. The third kappa shape index (κ3) is 1.28. The fourth-order valence-corrected chi connectivity index (χ4v) is 0.759. The standard InChI is InChI=1S/C5H10N2O/c8-7-5-1-3-6-4-2-5/h3,5,7-8H,1-2,4H2. The summed E-state index contributed by atoms with van der Waals surface area (Å²) in [7, 11) is 0. The van der Waals surface area contributed by atoms with E-state index in [0.717, 1.165) is 19.4 Å². The van der Waals surface area contributed by atoms with Gasteiger partial charge in [0, 0.05) is 18.8 Å². The van der Waals surface area contributed by atoms with Crippen LogP contribution in [0.15, 0.2) is 4.99 Å². The lowest BCUT2D eigenvalue weighted by Gasteiger charge is -2.13. The van der Waals surface area contributed by atoms with Crippen LogP contribution in [0.3, 0.4) is 0 Å². The van der Waals surface area contributed by atoms with Crippen LogP contribution in [0.25, 0.3) is 0 Å². The van der Waals surface area contributed by atoms with E-state index in [1.165, 1.54) is 0 Å². The molecule has 2 N–H and O–H groups in total. The SMILES string of the molecule is ONC1CC=NCC1. The van der Waals surface area contributed by atoms with Gasteiger partial charge in [0.25, 0.3) is 0 Å². The van der Waals surface area contributed by atoms with Crippen LogP contribution in [-0.2, 0) is 0 Å². The topological polar surface area (TPSA) is 44.6 Å². The van der Waals surface area contributed by atoms with Crippen molar-refractivity contribution in [3.05, 3.63) is 0 Å². The number of nitrogens with one attached hydrogen (secondary N) is 1. The normalized spacial score (nSPS) is 28.4. The Labute approximate surface area is 48.4 Å². The van der Waals surface area contributed by atoms with Crippen LogP contribution in [0.4, 0.5) is 0 Å². The third-order valence-corrected chi connectivity index (χ3v) is 1.31. The van der Waals surface area contributed by atoms with Crippen molar-refractivity contribution >= 4 is 6.21 Å². The Kier molecular flexibility index (Phi) is 2.00. The molecule has 0 bridgehead atoms. The minimum atomic E-state index is 0.243. The first-order valence-corrected chi connectivity index (χ1v) is 2.81. The summed E-state index contributed by atoms with van der Waals surface area (Å²) in [4.78, 5) is 4.00. The van der Waals surface area contributed by atoms with E-state index in [4.69, 9.17) is 5.21 Å². The zero-order valence-electron chi connectivity index (χ0n) is 4.67. The molecule has 0 spiro atoms. The first kappa shape index (κ1) is 5.72. The van der Waals surface area contributed by atoms with E-state index in [2.05, 4.69) is 10.5 Å². The van der Waals surface area contributed by atoms with Gasteiger partial charge in [-0.15, -0.1) is 0 Å². The molecule has 0 fully saturated rings. The number of nitrogens with zero attached hydrogens (tertiary/aromatic N) is 1. The summed E-state index contributed by atoms with van der Waals surface area (Å²) in [6.07, 6.45) is 3.65. The second-order valence-corrected chi connectivity index (χ2v) is 1.94. The van der Waals surface area contributed by atoms with Crippen molar-refractivity contribution in [2.75, 3.05) is 6.54 Å². The maximum atomic E-state index is 8.38. The lowest BCUT2D eigenvalue weighted by Crippen LogP contribution is -2.28. The molecule has 1 rings (SSSR count). The molecule has 0 amide bonds. The van der Waals surface area contributed by atoms with E-state index < -0.39 is 0 Å². The Morgan fingerprint density at radius 2 is 2.62 bits per heavy atom. The molecular weight excluding hydrogens is 104 g/mol. The third-order valence-electron chi connectivity index (χ3n) is 1.31. The molecule has 1 aliphatic rings. The minimum absolute atomic E-state index is 0.243. The predicted molar refractivity (Wildman–Crippen MR) is 31.3 cm³/mol. The molecule has 0 aromatic heterocycles. The molecule has 1 unspecified atom stereocenters. The molecule has 0 aromatic carbocycles. The Bertz CT molecular complexity index is 92.4. The van der Waals surface area contributed by atoms with Gasteiger partial charge in [-0.2, -0.15) is 0 Å². The van der Waals surface area contributed by atoms with Crippen molar-refractivity contribution in [2.24, 2.45) is 4.99 Å². The molecule has 0 radical (unpaired) electrons. The summed E-state index contributed by atoms with van der Waals surface area (Å²) in [6, 6.07) is 0.243. The van der Waals surface area contributed by atoms with Crippen molar-refractivity contribution in [3.63, 3.8) is 0 Å². The summed E-state index contributed by atoms with van der Waals surface area (Å²) in [5.74, 6) is 0. The highest BCUT2D eigenvalue weighted by molar-refractivity contribution is 5.58. The fourth-order valence-electron chi connectivity index (χ4n) is 0.759. The van der Waals surface area contributed by atoms with Crippen LogP contribution in [-0.4, -0.2) is 24.0 Å². The van der Waals surface area contributed by atoms with Crippen LogP contribution in [0.1, 0.15) is 12.8 Å². The maximum Gasteiger partial charge on any atom is 0.0401 e. The molecule has 1 heterocycles. The van der Waals surface area contributed by atoms with E-state index in [1.54, 1.807) is 0 Å². The van der Waals surface area contributed by atoms with Crippen LogP contribution < -0.4 is 5.48 Å². The quantitative estimate of drug-likeness (QED) is 0.478. The predicted octanol–water partition coefficient (Wildman–Crippen LogP) is 0.198. The van der Waals surface area contributed by atoms with Crippen molar-refractivity contribution in [3.8, 4) is 0 Å². The summed E-state index contributed by atoms with van der Waals surface area (Å²) in [5.41, 5.74) is 2.21. The lowest BCUT2D eigenvalue weighted by molar-refractivity contribution is 0.124. The van der Waals surface area contributed by atoms with Gasteiger partial charge in [-0.1, -0.05) is 0 Å². The van der Waals surface area contributed by atoms with E-state index in [0.29, 0.717) is 0 Å². The largest absolute Gasteiger partial charge is 0.317 e. The van der Waals surface area contributed by atoms with Gasteiger partial charge in [-0.3, -0.25) is 4.99 Å². The Balaban J connectivity index is 2.27. The van der Waals surface area contributed by atoms with Gasteiger partial charge >= 0.3 is 0 Å². The smallest absolute Gasteiger partial charge is 0.0401 e. The van der Waals surface area contributed by atoms with E-state index in [1.807, 2.05) is 6.21 Å². The van der Waals surface area contributed by atoms with Gasteiger partial charge in [0.1, 0.15) is 0 Å². The number of aliphatic imine (C=N–C) groups is 1. The number of hydrogen-bond acceptors (Lipinski definition) is 3. The van der Waals surface area contributed by atoms with Gasteiger partial charge in [0.15, 0.2) is 0 Å². The lowest BCUT2D eigenvalue weighted by atomic mass is 10.1. The van der Waals surface area contributed by atoms with Crippen molar-refractivity contribution in [2.45, 2.75) is 18.9 Å². The molecule has 3 heteroatoms. The highest BCUT2D eigenvalue weighted by Gasteiger charge is 2.06. The van der Waals surface area contributed by atoms with Crippen LogP contribution in [0.2, 0.25) is 0 Å². The molecule has 0 aromatic rings. The van der Waals surface area contributed by atoms with Crippen molar-refractivity contribution in [1.82, 2.24) is 5.48 Å². The van der Waals surface area contributed by atoms with Gasteiger partial charge in [0.2, 0.25) is 0 Å². The van der Waals surface area contributed by atoms with E-state index in [-0.39, 0.29) is 6.04 Å². The average molecular weight is 114 g/mol. The van der Waals surface area contributed by atoms with Crippen molar-refractivity contribution in [1.29, 1.82) is 0 Å². The van der Waals surface area contributed by atoms with Crippen LogP contribution >= 0.6 is 0 Å². The molecule has 1 aliphatic heterocycles. The molecule has 0 aliphatic carbocycles. The summed E-state index contributed by atoms with van der Waals surface area (Å²) < 4.78 is 0. The highest BCUT2D eigenvalue weighted by Crippen LogP contribution is 2.00. The zero-order chi connectivity index (χ0) is 5.82. The van der Waals surface area contributed by atoms with Crippen LogP contribution in [0.5, 0.6) is 0 Å². The van der Waals surface area contributed by atoms with Gasteiger partial charge in [-0.25, -0.2) is 5.48 Å². The second kappa shape index (κ2) is 2.79. The first-order chi connectivity index (χ1) is 3.93.